The fourth-order valence-electron chi connectivity index (χ4n) is 1.28. The highest BCUT2D eigenvalue weighted by molar-refractivity contribution is 8.13. The normalized spacial score (nSPS) is 11.2. The van der Waals surface area contributed by atoms with Crippen LogP contribution in [0.2, 0.25) is 0 Å². The second kappa shape index (κ2) is 4.89. The average molecular weight is 283 g/mol. The van der Waals surface area contributed by atoms with Crippen LogP contribution in [0, 0.1) is 5.82 Å². The highest BCUT2D eigenvalue weighted by Crippen LogP contribution is 2.31. The molecule has 17 heavy (non-hydrogen) atoms. The second-order valence-corrected chi connectivity index (χ2v) is 5.65. The zero-order valence-corrected chi connectivity index (χ0v) is 10.2. The summed E-state index contributed by atoms with van der Waals surface area (Å²) in [7, 11) is 1.97. The van der Waals surface area contributed by atoms with Crippen LogP contribution in [0.25, 0.3) is 0 Å². The lowest BCUT2D eigenvalue weighted by molar-refractivity contribution is -0.136. The van der Waals surface area contributed by atoms with Crippen molar-refractivity contribution in [2.45, 2.75) is 11.3 Å². The fraction of sp³-hybridized carbons (Fsp3) is 0.222. The quantitative estimate of drug-likeness (QED) is 0.844. The monoisotopic (exact) mass is 282 g/mol. The van der Waals surface area contributed by atoms with E-state index in [0.29, 0.717) is 0 Å². The van der Waals surface area contributed by atoms with Crippen molar-refractivity contribution in [2.24, 2.45) is 0 Å². The van der Waals surface area contributed by atoms with Crippen molar-refractivity contribution < 1.29 is 27.4 Å². The van der Waals surface area contributed by atoms with Gasteiger partial charge < -0.3 is 9.84 Å². The molecule has 1 aromatic carbocycles. The zero-order valence-electron chi connectivity index (χ0n) is 8.61. The summed E-state index contributed by atoms with van der Waals surface area (Å²) in [6, 6.07) is 1.86. The summed E-state index contributed by atoms with van der Waals surface area (Å²) in [6.45, 7) is 0. The third-order valence-corrected chi connectivity index (χ3v) is 3.22. The third-order valence-electron chi connectivity index (χ3n) is 1.89. The lowest BCUT2D eigenvalue weighted by Crippen LogP contribution is -2.05. The van der Waals surface area contributed by atoms with Gasteiger partial charge in [0.05, 0.1) is 13.5 Å². The lowest BCUT2D eigenvalue weighted by Gasteiger charge is -2.08. The number of hydrogen-bond acceptors (Lipinski definition) is 4. The predicted molar refractivity (Wildman–Crippen MR) is 57.3 cm³/mol. The summed E-state index contributed by atoms with van der Waals surface area (Å²) in [5, 5.41) is 8.54. The Balaban J connectivity index is 3.44. The molecule has 0 saturated carbocycles. The predicted octanol–water partition coefficient (Wildman–Crippen LogP) is 1.39. The number of carboxylic acids is 1. The molecule has 0 amide bonds. The summed E-state index contributed by atoms with van der Waals surface area (Å²) in [6.07, 6.45) is -0.514. The number of aliphatic carboxylic acids is 1. The van der Waals surface area contributed by atoms with E-state index in [0.717, 1.165) is 19.2 Å². The number of benzene rings is 1. The van der Waals surface area contributed by atoms with Crippen LogP contribution in [0.4, 0.5) is 4.39 Å². The van der Waals surface area contributed by atoms with Crippen LogP contribution < -0.4 is 4.74 Å². The number of carbonyl (C=O) groups is 1. The first kappa shape index (κ1) is 13.7. The maximum absolute atomic E-state index is 13.5. The van der Waals surface area contributed by atoms with Gasteiger partial charge in [-0.3, -0.25) is 4.79 Å². The summed E-state index contributed by atoms with van der Waals surface area (Å²) in [5.41, 5.74) is -0.0185. The van der Waals surface area contributed by atoms with Gasteiger partial charge in [-0.2, -0.15) is 0 Å². The van der Waals surface area contributed by atoms with Crippen molar-refractivity contribution >= 4 is 25.7 Å². The van der Waals surface area contributed by atoms with E-state index in [1.165, 1.54) is 0 Å². The standard InChI is InChI=1S/C9H8ClFO5S/c1-16-9-6(11)2-5(4-8(12)13)3-7(9)17(10,14)15/h2-3H,4H2,1H3,(H,12,13). The van der Waals surface area contributed by atoms with Crippen molar-refractivity contribution in [2.75, 3.05) is 7.11 Å². The van der Waals surface area contributed by atoms with Gasteiger partial charge in [-0.05, 0) is 17.7 Å². The van der Waals surface area contributed by atoms with Gasteiger partial charge >= 0.3 is 5.97 Å². The second-order valence-electron chi connectivity index (χ2n) is 3.12. The first-order valence-electron chi connectivity index (χ1n) is 4.28. The topological polar surface area (TPSA) is 80.7 Å². The van der Waals surface area contributed by atoms with Gasteiger partial charge in [0.15, 0.2) is 11.6 Å². The molecular weight excluding hydrogens is 275 g/mol. The number of hydrogen-bond donors (Lipinski definition) is 1. The summed E-state index contributed by atoms with van der Waals surface area (Å²) in [5.74, 6) is -2.73. The van der Waals surface area contributed by atoms with Gasteiger partial charge in [0, 0.05) is 10.7 Å². The van der Waals surface area contributed by atoms with E-state index in [1.807, 2.05) is 0 Å². The van der Waals surface area contributed by atoms with Crippen molar-refractivity contribution in [1.82, 2.24) is 0 Å². The number of halogens is 2. The molecule has 0 heterocycles. The molecule has 94 valence electrons. The molecule has 0 radical (unpaired) electrons. The van der Waals surface area contributed by atoms with Crippen molar-refractivity contribution in [3.8, 4) is 5.75 Å². The first-order chi connectivity index (χ1) is 7.75. The summed E-state index contributed by atoms with van der Waals surface area (Å²) < 4.78 is 40.4. The molecule has 0 aliphatic rings. The summed E-state index contributed by atoms with van der Waals surface area (Å²) in [4.78, 5) is 9.87. The molecule has 8 heteroatoms. The number of methoxy groups -OCH3 is 1. The molecule has 0 aliphatic heterocycles. The van der Waals surface area contributed by atoms with Crippen LogP contribution in [-0.4, -0.2) is 26.6 Å². The molecule has 0 bridgehead atoms. The van der Waals surface area contributed by atoms with Crippen LogP contribution in [0.15, 0.2) is 17.0 Å². The smallest absolute Gasteiger partial charge is 0.307 e. The van der Waals surface area contributed by atoms with Crippen LogP contribution in [-0.2, 0) is 20.3 Å². The van der Waals surface area contributed by atoms with Crippen LogP contribution in [0.5, 0.6) is 5.75 Å². The first-order valence-corrected chi connectivity index (χ1v) is 6.59. The average Bonchev–Trinajstić information content (AvgIpc) is 2.14. The van der Waals surface area contributed by atoms with Crippen LogP contribution in [0.3, 0.4) is 0 Å². The minimum absolute atomic E-state index is 0.0185. The Bertz CT molecular complexity index is 555. The molecule has 5 nitrogen and oxygen atoms in total. The highest BCUT2D eigenvalue weighted by Gasteiger charge is 2.22. The highest BCUT2D eigenvalue weighted by atomic mass is 35.7. The van der Waals surface area contributed by atoms with E-state index >= 15 is 0 Å². The third kappa shape index (κ3) is 3.31. The van der Waals surface area contributed by atoms with Gasteiger partial charge in [-0.1, -0.05) is 0 Å². The van der Waals surface area contributed by atoms with Gasteiger partial charge in [0.2, 0.25) is 0 Å². The molecule has 1 N–H and O–H groups in total. The zero-order chi connectivity index (χ0) is 13.2. The van der Waals surface area contributed by atoms with E-state index < -0.39 is 37.9 Å². The van der Waals surface area contributed by atoms with E-state index in [1.54, 1.807) is 0 Å². The van der Waals surface area contributed by atoms with Crippen molar-refractivity contribution in [3.05, 3.63) is 23.5 Å². The number of carboxylic acid groups (broad SMARTS) is 1. The molecule has 0 spiro atoms. The molecule has 0 fully saturated rings. The summed E-state index contributed by atoms with van der Waals surface area (Å²) >= 11 is 0. The Morgan fingerprint density at radius 2 is 2.12 bits per heavy atom. The van der Waals surface area contributed by atoms with E-state index in [4.69, 9.17) is 15.8 Å². The maximum Gasteiger partial charge on any atom is 0.307 e. The number of ether oxygens (including phenoxy) is 1. The van der Waals surface area contributed by atoms with Gasteiger partial charge in [0.1, 0.15) is 4.90 Å². The van der Waals surface area contributed by atoms with E-state index in [-0.39, 0.29) is 5.56 Å². The molecule has 1 aromatic rings. The van der Waals surface area contributed by atoms with Crippen LogP contribution in [0.1, 0.15) is 5.56 Å². The Kier molecular flexibility index (Phi) is 3.94. The largest absolute Gasteiger partial charge is 0.492 e. The Labute approximate surface area is 101 Å². The SMILES string of the molecule is COc1c(F)cc(CC(=O)O)cc1S(=O)(=O)Cl. The molecule has 0 atom stereocenters. The van der Waals surface area contributed by atoms with Gasteiger partial charge in [0.25, 0.3) is 9.05 Å². The van der Waals surface area contributed by atoms with E-state index in [9.17, 15) is 17.6 Å². The molecule has 0 aliphatic carbocycles. The fourth-order valence-corrected chi connectivity index (χ4v) is 2.32. The molecule has 0 saturated heterocycles. The number of rotatable bonds is 4. The Morgan fingerprint density at radius 1 is 1.53 bits per heavy atom. The van der Waals surface area contributed by atoms with Gasteiger partial charge in [-0.25, -0.2) is 12.8 Å². The Morgan fingerprint density at radius 3 is 2.53 bits per heavy atom. The van der Waals surface area contributed by atoms with Crippen molar-refractivity contribution in [1.29, 1.82) is 0 Å². The molecule has 0 aromatic heterocycles. The molecular formula is C9H8ClFO5S. The van der Waals surface area contributed by atoms with Crippen molar-refractivity contribution in [3.63, 3.8) is 0 Å². The van der Waals surface area contributed by atoms with Crippen LogP contribution >= 0.6 is 10.7 Å². The lowest BCUT2D eigenvalue weighted by atomic mass is 10.1. The minimum Gasteiger partial charge on any atom is -0.492 e. The molecule has 1 rings (SSSR count). The maximum atomic E-state index is 13.5. The van der Waals surface area contributed by atoms with Gasteiger partial charge in [-0.15, -0.1) is 0 Å². The Hall–Kier alpha value is -1.34. The minimum atomic E-state index is -4.21. The molecule has 0 unspecified atom stereocenters. The van der Waals surface area contributed by atoms with E-state index in [2.05, 4.69) is 4.74 Å².